The highest BCUT2D eigenvalue weighted by atomic mass is 35.5. The van der Waals surface area contributed by atoms with Crippen LogP contribution in [0.15, 0.2) is 4.42 Å². The van der Waals surface area contributed by atoms with Crippen LogP contribution >= 0.6 is 11.6 Å². The van der Waals surface area contributed by atoms with Crippen molar-refractivity contribution in [2.75, 3.05) is 19.8 Å². The van der Waals surface area contributed by atoms with Gasteiger partial charge in [-0.1, -0.05) is 0 Å². The largest absolute Gasteiger partial charge is 0.421 e. The van der Waals surface area contributed by atoms with Gasteiger partial charge in [0.05, 0.1) is 19.8 Å². The third-order valence-electron chi connectivity index (χ3n) is 1.89. The third kappa shape index (κ3) is 2.05. The lowest BCUT2D eigenvalue weighted by Crippen LogP contribution is -2.22. The van der Waals surface area contributed by atoms with Gasteiger partial charge in [0.15, 0.2) is 6.10 Å². The lowest BCUT2D eigenvalue weighted by atomic mass is 10.3. The first-order valence-electron chi connectivity index (χ1n) is 4.44. The van der Waals surface area contributed by atoms with Crippen LogP contribution in [0.5, 0.6) is 0 Å². The molecular weight excluding hydrogens is 208 g/mol. The molecule has 1 aromatic rings. The van der Waals surface area contributed by atoms with E-state index in [1.54, 1.807) is 6.92 Å². The van der Waals surface area contributed by atoms with E-state index in [9.17, 15) is 0 Å². The van der Waals surface area contributed by atoms with Crippen LogP contribution in [0.3, 0.4) is 0 Å². The maximum absolute atomic E-state index is 5.79. The van der Waals surface area contributed by atoms with Crippen molar-refractivity contribution in [3.8, 4) is 0 Å². The fourth-order valence-corrected chi connectivity index (χ4v) is 1.26. The number of rotatable bonds is 2. The first-order chi connectivity index (χ1) is 6.77. The van der Waals surface area contributed by atoms with Crippen LogP contribution in [0.25, 0.3) is 0 Å². The molecule has 0 radical (unpaired) electrons. The van der Waals surface area contributed by atoms with Crippen molar-refractivity contribution >= 4 is 11.6 Å². The van der Waals surface area contributed by atoms with Gasteiger partial charge in [0, 0.05) is 0 Å². The van der Waals surface area contributed by atoms with Crippen LogP contribution in [0.4, 0.5) is 0 Å². The molecule has 2 atom stereocenters. The molecule has 1 aliphatic rings. The second kappa shape index (κ2) is 4.25. The monoisotopic (exact) mass is 218 g/mol. The lowest BCUT2D eigenvalue weighted by molar-refractivity contribution is -0.0999. The molecule has 0 aromatic carbocycles. The molecule has 2 heterocycles. The summed E-state index contributed by atoms with van der Waals surface area (Å²) in [5.74, 6) is 0.850. The number of alkyl halides is 1. The van der Waals surface area contributed by atoms with Gasteiger partial charge in [-0.25, -0.2) is 0 Å². The second-order valence-corrected chi connectivity index (χ2v) is 3.68. The summed E-state index contributed by atoms with van der Waals surface area (Å²) in [6.45, 7) is 3.40. The number of hydrogen-bond acceptors (Lipinski definition) is 5. The smallest absolute Gasteiger partial charge is 0.247 e. The van der Waals surface area contributed by atoms with Crippen LogP contribution in [0, 0.1) is 0 Å². The van der Waals surface area contributed by atoms with Gasteiger partial charge in [-0.2, -0.15) is 0 Å². The quantitative estimate of drug-likeness (QED) is 0.704. The molecule has 0 saturated carbocycles. The Balaban J connectivity index is 2.07. The van der Waals surface area contributed by atoms with E-state index in [1.807, 2.05) is 0 Å². The van der Waals surface area contributed by atoms with E-state index in [0.717, 1.165) is 0 Å². The van der Waals surface area contributed by atoms with E-state index in [-0.39, 0.29) is 11.5 Å². The normalized spacial score (nSPS) is 24.9. The van der Waals surface area contributed by atoms with Gasteiger partial charge in [-0.05, 0) is 6.92 Å². The van der Waals surface area contributed by atoms with Gasteiger partial charge >= 0.3 is 0 Å². The second-order valence-electron chi connectivity index (χ2n) is 3.03. The molecule has 0 aliphatic carbocycles. The zero-order valence-electron chi connectivity index (χ0n) is 7.77. The standard InChI is InChI=1S/C8H11ClN2O3/c1-5(9)7-10-11-8(14-7)6-4-12-2-3-13-6/h5-6H,2-4H2,1H3. The van der Waals surface area contributed by atoms with Crippen LogP contribution in [0.2, 0.25) is 0 Å². The van der Waals surface area contributed by atoms with E-state index in [4.69, 9.17) is 25.5 Å². The Morgan fingerprint density at radius 2 is 2.29 bits per heavy atom. The first kappa shape index (κ1) is 9.89. The van der Waals surface area contributed by atoms with Crippen molar-refractivity contribution in [2.45, 2.75) is 18.4 Å². The summed E-state index contributed by atoms with van der Waals surface area (Å²) in [4.78, 5) is 0. The highest BCUT2D eigenvalue weighted by Gasteiger charge is 2.23. The number of aromatic nitrogens is 2. The van der Waals surface area contributed by atoms with E-state index in [1.165, 1.54) is 0 Å². The first-order valence-corrected chi connectivity index (χ1v) is 4.87. The van der Waals surface area contributed by atoms with Gasteiger partial charge in [0.25, 0.3) is 0 Å². The Morgan fingerprint density at radius 3 is 2.86 bits per heavy atom. The Kier molecular flexibility index (Phi) is 3.00. The van der Waals surface area contributed by atoms with Gasteiger partial charge in [0.2, 0.25) is 11.8 Å². The molecule has 0 bridgehead atoms. The Hall–Kier alpha value is -0.650. The Bertz CT molecular complexity index is 297. The summed E-state index contributed by atoms with van der Waals surface area (Å²) in [6.07, 6.45) is -0.250. The van der Waals surface area contributed by atoms with E-state index in [2.05, 4.69) is 10.2 Å². The zero-order valence-corrected chi connectivity index (χ0v) is 8.53. The fraction of sp³-hybridized carbons (Fsp3) is 0.750. The van der Waals surface area contributed by atoms with Crippen molar-refractivity contribution in [1.82, 2.24) is 10.2 Å². The van der Waals surface area contributed by atoms with Crippen LogP contribution < -0.4 is 0 Å². The molecular formula is C8H11ClN2O3. The van der Waals surface area contributed by atoms with Gasteiger partial charge in [0.1, 0.15) is 5.38 Å². The SMILES string of the molecule is CC(Cl)c1nnc(C2COCCO2)o1. The van der Waals surface area contributed by atoms with Crippen molar-refractivity contribution in [1.29, 1.82) is 0 Å². The Morgan fingerprint density at radius 1 is 1.43 bits per heavy atom. The average molecular weight is 219 g/mol. The third-order valence-corrected chi connectivity index (χ3v) is 2.07. The molecule has 0 N–H and O–H groups in total. The van der Waals surface area contributed by atoms with E-state index < -0.39 is 0 Å². The molecule has 0 amide bonds. The molecule has 5 nitrogen and oxygen atoms in total. The summed E-state index contributed by atoms with van der Waals surface area (Å²) in [5.41, 5.74) is 0. The molecule has 78 valence electrons. The highest BCUT2D eigenvalue weighted by molar-refractivity contribution is 6.20. The average Bonchev–Trinajstić information content (AvgIpc) is 2.68. The minimum absolute atomic E-state index is 0.250. The minimum Gasteiger partial charge on any atom is -0.421 e. The predicted molar refractivity (Wildman–Crippen MR) is 48.1 cm³/mol. The van der Waals surface area contributed by atoms with Gasteiger partial charge in [-0.15, -0.1) is 21.8 Å². The molecule has 6 heteroatoms. The fourth-order valence-electron chi connectivity index (χ4n) is 1.17. The minimum atomic E-state index is -0.277. The molecule has 1 fully saturated rings. The van der Waals surface area contributed by atoms with Crippen molar-refractivity contribution < 1.29 is 13.9 Å². The summed E-state index contributed by atoms with van der Waals surface area (Å²) in [6, 6.07) is 0. The van der Waals surface area contributed by atoms with Crippen LogP contribution in [-0.4, -0.2) is 30.0 Å². The molecule has 1 aliphatic heterocycles. The predicted octanol–water partition coefficient (Wildman–Crippen LogP) is 1.46. The Labute approximate surface area is 86.3 Å². The number of halogens is 1. The maximum Gasteiger partial charge on any atom is 0.247 e. The number of nitrogens with zero attached hydrogens (tertiary/aromatic N) is 2. The van der Waals surface area contributed by atoms with Crippen LogP contribution in [0.1, 0.15) is 30.2 Å². The molecule has 2 unspecified atom stereocenters. The highest BCUT2D eigenvalue weighted by Crippen LogP contribution is 2.23. The van der Waals surface area contributed by atoms with E-state index >= 15 is 0 Å². The molecule has 14 heavy (non-hydrogen) atoms. The topological polar surface area (TPSA) is 57.4 Å². The summed E-state index contributed by atoms with van der Waals surface area (Å²) >= 11 is 5.79. The zero-order chi connectivity index (χ0) is 9.97. The summed E-state index contributed by atoms with van der Waals surface area (Å²) in [7, 11) is 0. The van der Waals surface area contributed by atoms with Crippen molar-refractivity contribution in [2.24, 2.45) is 0 Å². The molecule has 0 spiro atoms. The van der Waals surface area contributed by atoms with Gasteiger partial charge < -0.3 is 13.9 Å². The molecule has 1 saturated heterocycles. The summed E-state index contributed by atoms with van der Waals surface area (Å²) in [5, 5.41) is 7.38. The van der Waals surface area contributed by atoms with E-state index in [0.29, 0.717) is 31.6 Å². The maximum atomic E-state index is 5.79. The lowest BCUT2D eigenvalue weighted by Gasteiger charge is -2.19. The van der Waals surface area contributed by atoms with Gasteiger partial charge in [-0.3, -0.25) is 0 Å². The summed E-state index contributed by atoms with van der Waals surface area (Å²) < 4.78 is 15.9. The number of hydrogen-bond donors (Lipinski definition) is 0. The van der Waals surface area contributed by atoms with Crippen LogP contribution in [-0.2, 0) is 9.47 Å². The van der Waals surface area contributed by atoms with Crippen molar-refractivity contribution in [3.63, 3.8) is 0 Å². The molecule has 2 rings (SSSR count). The molecule has 1 aromatic heterocycles. The van der Waals surface area contributed by atoms with Crippen molar-refractivity contribution in [3.05, 3.63) is 11.8 Å². The number of ether oxygens (including phenoxy) is 2.